The highest BCUT2D eigenvalue weighted by Crippen LogP contribution is 2.32. The van der Waals surface area contributed by atoms with E-state index in [1.807, 2.05) is 0 Å². The van der Waals surface area contributed by atoms with Gasteiger partial charge < -0.3 is 4.74 Å². The molecule has 0 N–H and O–H groups in total. The third kappa shape index (κ3) is 3.83. The van der Waals surface area contributed by atoms with Crippen LogP contribution in [0.15, 0.2) is 36.4 Å². The molecule has 0 aliphatic carbocycles. The fourth-order valence-electron chi connectivity index (χ4n) is 1.75. The standard InChI is InChI=1S/C14H6F5NO4/c15-9-1-2-11(20(22)23)12(6-9)24-13(21)7-3-8(14(17,18)19)5-10(16)4-7/h1-6H. The maximum Gasteiger partial charge on any atom is 0.416 e. The van der Waals surface area contributed by atoms with Crippen molar-refractivity contribution in [1.29, 1.82) is 0 Å². The van der Waals surface area contributed by atoms with Crippen LogP contribution in [0.25, 0.3) is 0 Å². The summed E-state index contributed by atoms with van der Waals surface area (Å²) >= 11 is 0. The van der Waals surface area contributed by atoms with E-state index in [4.69, 9.17) is 0 Å². The van der Waals surface area contributed by atoms with Crippen LogP contribution in [-0.2, 0) is 6.18 Å². The van der Waals surface area contributed by atoms with Crippen molar-refractivity contribution in [3.05, 3.63) is 69.3 Å². The second-order valence-corrected chi connectivity index (χ2v) is 4.49. The number of hydrogen-bond acceptors (Lipinski definition) is 4. The van der Waals surface area contributed by atoms with Crippen LogP contribution < -0.4 is 4.74 Å². The zero-order chi connectivity index (χ0) is 18.1. The Morgan fingerprint density at radius 3 is 2.29 bits per heavy atom. The van der Waals surface area contributed by atoms with E-state index in [-0.39, 0.29) is 6.07 Å². The molecule has 0 amide bonds. The van der Waals surface area contributed by atoms with Crippen molar-refractivity contribution in [2.24, 2.45) is 0 Å². The molecule has 0 heterocycles. The number of halogens is 5. The summed E-state index contributed by atoms with van der Waals surface area (Å²) in [6.07, 6.45) is -4.91. The molecule has 126 valence electrons. The largest absolute Gasteiger partial charge is 0.416 e. The van der Waals surface area contributed by atoms with Crippen molar-refractivity contribution in [2.45, 2.75) is 6.18 Å². The number of alkyl halides is 3. The normalized spacial score (nSPS) is 11.2. The summed E-state index contributed by atoms with van der Waals surface area (Å²) in [6.45, 7) is 0. The van der Waals surface area contributed by atoms with Gasteiger partial charge in [-0.1, -0.05) is 0 Å². The summed E-state index contributed by atoms with van der Waals surface area (Å²) in [5, 5.41) is 10.8. The Labute approximate surface area is 130 Å². The molecule has 0 aromatic heterocycles. The zero-order valence-corrected chi connectivity index (χ0v) is 11.4. The summed E-state index contributed by atoms with van der Waals surface area (Å²) in [5.74, 6) is -4.65. The Bertz CT molecular complexity index is 819. The number of esters is 1. The first-order valence-corrected chi connectivity index (χ1v) is 6.12. The zero-order valence-electron chi connectivity index (χ0n) is 11.4. The molecule has 0 bridgehead atoms. The SMILES string of the molecule is O=C(Oc1cc(F)ccc1[N+](=O)[O-])c1cc(F)cc(C(F)(F)F)c1. The number of rotatable bonds is 3. The second-order valence-electron chi connectivity index (χ2n) is 4.49. The predicted octanol–water partition coefficient (Wildman–Crippen LogP) is 4.11. The van der Waals surface area contributed by atoms with E-state index in [0.717, 1.165) is 6.07 Å². The Balaban J connectivity index is 2.39. The number of benzene rings is 2. The van der Waals surface area contributed by atoms with Gasteiger partial charge in [0.1, 0.15) is 11.6 Å². The first-order valence-electron chi connectivity index (χ1n) is 6.12. The average molecular weight is 347 g/mol. The van der Waals surface area contributed by atoms with Gasteiger partial charge in [0.05, 0.1) is 16.1 Å². The number of nitro benzene ring substituents is 1. The van der Waals surface area contributed by atoms with Gasteiger partial charge in [0.25, 0.3) is 0 Å². The van der Waals surface area contributed by atoms with Crippen molar-refractivity contribution in [2.75, 3.05) is 0 Å². The topological polar surface area (TPSA) is 69.4 Å². The Morgan fingerprint density at radius 1 is 1.04 bits per heavy atom. The highest BCUT2D eigenvalue weighted by Gasteiger charge is 2.32. The summed E-state index contributed by atoms with van der Waals surface area (Å²) in [6, 6.07) is 2.91. The fraction of sp³-hybridized carbons (Fsp3) is 0.0714. The minimum absolute atomic E-state index is 0.168. The molecule has 0 unspecified atom stereocenters. The summed E-state index contributed by atoms with van der Waals surface area (Å²) in [4.78, 5) is 21.6. The lowest BCUT2D eigenvalue weighted by atomic mass is 10.1. The maximum absolute atomic E-state index is 13.3. The van der Waals surface area contributed by atoms with E-state index in [9.17, 15) is 36.9 Å². The lowest BCUT2D eigenvalue weighted by Gasteiger charge is -2.09. The van der Waals surface area contributed by atoms with Gasteiger partial charge in [-0.05, 0) is 24.3 Å². The molecule has 0 fully saturated rings. The molecule has 0 radical (unpaired) electrons. The van der Waals surface area contributed by atoms with Crippen LogP contribution in [0.2, 0.25) is 0 Å². The van der Waals surface area contributed by atoms with Gasteiger partial charge in [0, 0.05) is 12.1 Å². The lowest BCUT2D eigenvalue weighted by Crippen LogP contribution is -2.13. The van der Waals surface area contributed by atoms with Crippen LogP contribution in [-0.4, -0.2) is 10.9 Å². The number of hydrogen-bond donors (Lipinski definition) is 0. The maximum atomic E-state index is 13.3. The molecule has 0 aliphatic heterocycles. The van der Waals surface area contributed by atoms with E-state index in [1.165, 1.54) is 0 Å². The second kappa shape index (κ2) is 6.22. The minimum atomic E-state index is -4.91. The molecule has 0 atom stereocenters. The van der Waals surface area contributed by atoms with E-state index in [1.54, 1.807) is 0 Å². The van der Waals surface area contributed by atoms with Gasteiger partial charge in [0.2, 0.25) is 5.75 Å². The number of nitrogens with zero attached hydrogens (tertiary/aromatic N) is 1. The molecule has 24 heavy (non-hydrogen) atoms. The Hall–Kier alpha value is -3.04. The minimum Gasteiger partial charge on any atom is -0.415 e. The first kappa shape index (κ1) is 17.3. The first-order chi connectivity index (χ1) is 11.1. The third-order valence-electron chi connectivity index (χ3n) is 2.78. The van der Waals surface area contributed by atoms with Gasteiger partial charge in [-0.15, -0.1) is 0 Å². The molecule has 2 aromatic carbocycles. The van der Waals surface area contributed by atoms with Crippen LogP contribution in [0, 0.1) is 21.7 Å². The quantitative estimate of drug-likeness (QED) is 0.275. The van der Waals surface area contributed by atoms with Crippen LogP contribution in [0.4, 0.5) is 27.6 Å². The van der Waals surface area contributed by atoms with Gasteiger partial charge in [-0.3, -0.25) is 10.1 Å². The van der Waals surface area contributed by atoms with E-state index in [2.05, 4.69) is 4.74 Å². The van der Waals surface area contributed by atoms with Gasteiger partial charge in [-0.2, -0.15) is 13.2 Å². The van der Waals surface area contributed by atoms with Gasteiger partial charge in [0.15, 0.2) is 0 Å². The van der Waals surface area contributed by atoms with Crippen molar-refractivity contribution in [1.82, 2.24) is 0 Å². The molecular weight excluding hydrogens is 341 g/mol. The fourth-order valence-corrected chi connectivity index (χ4v) is 1.75. The molecule has 2 rings (SSSR count). The third-order valence-corrected chi connectivity index (χ3v) is 2.78. The molecule has 2 aromatic rings. The van der Waals surface area contributed by atoms with Gasteiger partial charge in [-0.25, -0.2) is 13.6 Å². The summed E-state index contributed by atoms with van der Waals surface area (Å²) < 4.78 is 68.7. The number of carbonyl (C=O) groups is 1. The number of ether oxygens (including phenoxy) is 1. The molecular formula is C14H6F5NO4. The average Bonchev–Trinajstić information content (AvgIpc) is 2.45. The molecule has 5 nitrogen and oxygen atoms in total. The molecule has 10 heteroatoms. The monoisotopic (exact) mass is 347 g/mol. The van der Waals surface area contributed by atoms with Crippen molar-refractivity contribution in [3.8, 4) is 5.75 Å². The highest BCUT2D eigenvalue weighted by molar-refractivity contribution is 5.91. The van der Waals surface area contributed by atoms with Crippen LogP contribution >= 0.6 is 0 Å². The summed E-state index contributed by atoms with van der Waals surface area (Å²) in [7, 11) is 0. The molecule has 0 spiro atoms. The van der Waals surface area contributed by atoms with Crippen molar-refractivity contribution >= 4 is 11.7 Å². The Kier molecular flexibility index (Phi) is 4.49. The molecule has 0 saturated carbocycles. The van der Waals surface area contributed by atoms with E-state index < -0.39 is 51.3 Å². The van der Waals surface area contributed by atoms with E-state index >= 15 is 0 Å². The molecule has 0 aliphatic rings. The van der Waals surface area contributed by atoms with Gasteiger partial charge >= 0.3 is 17.8 Å². The smallest absolute Gasteiger partial charge is 0.415 e. The van der Waals surface area contributed by atoms with E-state index in [0.29, 0.717) is 24.3 Å². The summed E-state index contributed by atoms with van der Waals surface area (Å²) in [5.41, 5.74) is -3.05. The van der Waals surface area contributed by atoms with Crippen LogP contribution in [0.5, 0.6) is 5.75 Å². The number of nitro groups is 1. The predicted molar refractivity (Wildman–Crippen MR) is 69.4 cm³/mol. The Morgan fingerprint density at radius 2 is 1.71 bits per heavy atom. The van der Waals surface area contributed by atoms with Crippen molar-refractivity contribution < 1.29 is 36.4 Å². The number of carbonyl (C=O) groups excluding carboxylic acids is 1. The lowest BCUT2D eigenvalue weighted by molar-refractivity contribution is -0.385. The van der Waals surface area contributed by atoms with Crippen LogP contribution in [0.1, 0.15) is 15.9 Å². The van der Waals surface area contributed by atoms with Crippen molar-refractivity contribution in [3.63, 3.8) is 0 Å². The molecule has 0 saturated heterocycles. The van der Waals surface area contributed by atoms with Crippen LogP contribution in [0.3, 0.4) is 0 Å². The highest BCUT2D eigenvalue weighted by atomic mass is 19.4.